The minimum absolute atomic E-state index is 0.104. The number of benzene rings is 2. The zero-order valence-electron chi connectivity index (χ0n) is 16.3. The van der Waals surface area contributed by atoms with E-state index in [1.165, 1.54) is 32.4 Å². The van der Waals surface area contributed by atoms with Crippen LogP contribution in [0.25, 0.3) is 0 Å². The fourth-order valence-electron chi connectivity index (χ4n) is 2.94. The van der Waals surface area contributed by atoms with E-state index in [-0.39, 0.29) is 22.3 Å². The molecule has 8 nitrogen and oxygen atoms in total. The van der Waals surface area contributed by atoms with Crippen molar-refractivity contribution in [3.05, 3.63) is 48.0 Å². The summed E-state index contributed by atoms with van der Waals surface area (Å²) in [4.78, 5) is 12.4. The number of hydrogen-bond acceptors (Lipinski definition) is 6. The molecular formula is C20H24N2O6S. The average Bonchev–Trinajstić information content (AvgIpc) is 3.26. The van der Waals surface area contributed by atoms with E-state index in [9.17, 15) is 13.2 Å². The Balaban J connectivity index is 1.67. The van der Waals surface area contributed by atoms with Gasteiger partial charge < -0.3 is 19.5 Å². The molecule has 1 aliphatic rings. The first-order valence-corrected chi connectivity index (χ1v) is 10.7. The van der Waals surface area contributed by atoms with Crippen LogP contribution in [-0.4, -0.2) is 47.8 Å². The molecule has 1 atom stereocenters. The third kappa shape index (κ3) is 5.26. The summed E-state index contributed by atoms with van der Waals surface area (Å²) in [5, 5.41) is 2.74. The Morgan fingerprint density at radius 3 is 2.59 bits per heavy atom. The standard InChI is InChI=1S/C20H24N2O6S/c1-21-29(24,25)19-12-14(5-10-18(19)26-2)20(23)22-15-6-8-16(9-7-15)28-13-17-4-3-11-27-17/h5-10,12,17,21H,3-4,11,13H2,1-2H3,(H,22,23). The van der Waals surface area contributed by atoms with E-state index in [4.69, 9.17) is 14.2 Å². The smallest absolute Gasteiger partial charge is 0.255 e. The molecule has 1 saturated heterocycles. The highest BCUT2D eigenvalue weighted by molar-refractivity contribution is 7.89. The van der Waals surface area contributed by atoms with Crippen molar-refractivity contribution in [2.24, 2.45) is 0 Å². The second-order valence-electron chi connectivity index (χ2n) is 6.50. The summed E-state index contributed by atoms with van der Waals surface area (Å²) >= 11 is 0. The summed E-state index contributed by atoms with van der Waals surface area (Å²) in [7, 11) is -1.11. The Morgan fingerprint density at radius 1 is 1.21 bits per heavy atom. The fraction of sp³-hybridized carbons (Fsp3) is 0.350. The first-order valence-electron chi connectivity index (χ1n) is 9.20. The van der Waals surface area contributed by atoms with Gasteiger partial charge in [0.2, 0.25) is 10.0 Å². The van der Waals surface area contributed by atoms with E-state index in [1.807, 2.05) is 0 Å². The van der Waals surface area contributed by atoms with Crippen molar-refractivity contribution in [3.63, 3.8) is 0 Å². The lowest BCUT2D eigenvalue weighted by atomic mass is 10.2. The minimum atomic E-state index is -3.77. The van der Waals surface area contributed by atoms with E-state index in [1.54, 1.807) is 24.3 Å². The Hall–Kier alpha value is -2.62. The highest BCUT2D eigenvalue weighted by Gasteiger charge is 2.20. The van der Waals surface area contributed by atoms with Gasteiger partial charge in [-0.05, 0) is 62.4 Å². The summed E-state index contributed by atoms with van der Waals surface area (Å²) in [5.41, 5.74) is 0.756. The van der Waals surface area contributed by atoms with Crippen molar-refractivity contribution in [2.45, 2.75) is 23.8 Å². The number of rotatable bonds is 8. The molecule has 1 amide bonds. The van der Waals surface area contributed by atoms with Gasteiger partial charge >= 0.3 is 0 Å². The number of amides is 1. The van der Waals surface area contributed by atoms with Crippen molar-refractivity contribution < 1.29 is 27.4 Å². The number of nitrogens with one attached hydrogen (secondary N) is 2. The predicted octanol–water partition coefficient (Wildman–Crippen LogP) is 2.41. The maximum atomic E-state index is 12.6. The molecule has 3 rings (SSSR count). The molecule has 1 fully saturated rings. The van der Waals surface area contributed by atoms with Gasteiger partial charge in [0.25, 0.3) is 5.91 Å². The molecule has 156 valence electrons. The highest BCUT2D eigenvalue weighted by atomic mass is 32.2. The van der Waals surface area contributed by atoms with E-state index < -0.39 is 15.9 Å². The first kappa shape index (κ1) is 21.1. The van der Waals surface area contributed by atoms with Gasteiger partial charge in [-0.15, -0.1) is 0 Å². The number of hydrogen-bond donors (Lipinski definition) is 2. The molecule has 29 heavy (non-hydrogen) atoms. The van der Waals surface area contributed by atoms with Crippen LogP contribution >= 0.6 is 0 Å². The van der Waals surface area contributed by atoms with Crippen LogP contribution in [0, 0.1) is 0 Å². The van der Waals surface area contributed by atoms with Crippen LogP contribution < -0.4 is 19.5 Å². The minimum Gasteiger partial charge on any atom is -0.495 e. The monoisotopic (exact) mass is 420 g/mol. The van der Waals surface area contributed by atoms with Gasteiger partial charge in [0.05, 0.1) is 13.2 Å². The topological polar surface area (TPSA) is 103 Å². The number of carbonyl (C=O) groups is 1. The normalized spacial score (nSPS) is 16.4. The van der Waals surface area contributed by atoms with E-state index in [0.717, 1.165) is 19.4 Å². The van der Waals surface area contributed by atoms with Crippen LogP contribution in [0.2, 0.25) is 0 Å². The summed E-state index contributed by atoms with van der Waals surface area (Å²) in [6, 6.07) is 11.2. The summed E-state index contributed by atoms with van der Waals surface area (Å²) in [5.74, 6) is 0.405. The van der Waals surface area contributed by atoms with Crippen LogP contribution in [-0.2, 0) is 14.8 Å². The van der Waals surface area contributed by atoms with E-state index >= 15 is 0 Å². The molecular weight excluding hydrogens is 396 g/mol. The lowest BCUT2D eigenvalue weighted by Crippen LogP contribution is -2.20. The number of carbonyl (C=O) groups excluding carboxylic acids is 1. The summed E-state index contributed by atoms with van der Waals surface area (Å²) in [6.45, 7) is 1.28. The molecule has 2 N–H and O–H groups in total. The van der Waals surface area contributed by atoms with Gasteiger partial charge in [-0.1, -0.05) is 0 Å². The fourth-order valence-corrected chi connectivity index (χ4v) is 3.86. The molecule has 0 aliphatic carbocycles. The van der Waals surface area contributed by atoms with Gasteiger partial charge in [-0.2, -0.15) is 0 Å². The Labute approximate surface area is 170 Å². The zero-order valence-corrected chi connectivity index (χ0v) is 17.1. The lowest BCUT2D eigenvalue weighted by molar-refractivity contribution is 0.0679. The first-order chi connectivity index (χ1) is 13.9. The third-order valence-electron chi connectivity index (χ3n) is 4.56. The molecule has 0 aromatic heterocycles. The average molecular weight is 420 g/mol. The highest BCUT2D eigenvalue weighted by Crippen LogP contribution is 2.25. The van der Waals surface area contributed by atoms with Gasteiger partial charge in [-0.3, -0.25) is 4.79 Å². The summed E-state index contributed by atoms with van der Waals surface area (Å²) in [6.07, 6.45) is 2.19. The second kappa shape index (κ2) is 9.25. The molecule has 2 aromatic carbocycles. The maximum Gasteiger partial charge on any atom is 0.255 e. The van der Waals surface area contributed by atoms with Gasteiger partial charge in [0.1, 0.15) is 23.0 Å². The molecule has 0 spiro atoms. The molecule has 1 unspecified atom stereocenters. The Bertz CT molecular complexity index is 953. The number of methoxy groups -OCH3 is 1. The Kier molecular flexibility index (Phi) is 6.73. The van der Waals surface area contributed by atoms with E-state index in [0.29, 0.717) is 18.0 Å². The van der Waals surface area contributed by atoms with Crippen molar-refractivity contribution in [2.75, 3.05) is 32.7 Å². The number of sulfonamides is 1. The molecule has 1 aliphatic heterocycles. The van der Waals surface area contributed by atoms with Crippen molar-refractivity contribution in [1.29, 1.82) is 0 Å². The SMILES string of the molecule is CNS(=O)(=O)c1cc(C(=O)Nc2ccc(OCC3CCCO3)cc2)ccc1OC. The number of ether oxygens (including phenoxy) is 3. The van der Waals surface area contributed by atoms with Crippen LogP contribution in [0.1, 0.15) is 23.2 Å². The third-order valence-corrected chi connectivity index (χ3v) is 5.99. The van der Waals surface area contributed by atoms with Gasteiger partial charge in [0.15, 0.2) is 0 Å². The van der Waals surface area contributed by atoms with Crippen molar-refractivity contribution >= 4 is 21.6 Å². The Morgan fingerprint density at radius 2 is 1.97 bits per heavy atom. The quantitative estimate of drug-likeness (QED) is 0.680. The largest absolute Gasteiger partial charge is 0.495 e. The van der Waals surface area contributed by atoms with Gasteiger partial charge in [0, 0.05) is 17.9 Å². The zero-order chi connectivity index (χ0) is 20.9. The summed E-state index contributed by atoms with van der Waals surface area (Å²) < 4.78 is 42.9. The molecule has 1 heterocycles. The predicted molar refractivity (Wildman–Crippen MR) is 108 cm³/mol. The second-order valence-corrected chi connectivity index (χ2v) is 8.35. The van der Waals surface area contributed by atoms with Crippen LogP contribution in [0.3, 0.4) is 0 Å². The van der Waals surface area contributed by atoms with Crippen LogP contribution in [0.4, 0.5) is 5.69 Å². The molecule has 2 aromatic rings. The van der Waals surface area contributed by atoms with Crippen LogP contribution in [0.15, 0.2) is 47.4 Å². The number of anilines is 1. The molecule has 9 heteroatoms. The maximum absolute atomic E-state index is 12.6. The van der Waals surface area contributed by atoms with Gasteiger partial charge in [-0.25, -0.2) is 13.1 Å². The molecule has 0 radical (unpaired) electrons. The molecule has 0 bridgehead atoms. The van der Waals surface area contributed by atoms with Crippen LogP contribution in [0.5, 0.6) is 11.5 Å². The molecule has 0 saturated carbocycles. The van der Waals surface area contributed by atoms with Crippen molar-refractivity contribution in [3.8, 4) is 11.5 Å². The lowest BCUT2D eigenvalue weighted by Gasteiger charge is -2.13. The van der Waals surface area contributed by atoms with Crippen molar-refractivity contribution in [1.82, 2.24) is 4.72 Å². The van der Waals surface area contributed by atoms with E-state index in [2.05, 4.69) is 10.0 Å².